The minimum atomic E-state index is -0.789. The van der Waals surface area contributed by atoms with Crippen LogP contribution >= 0.6 is 11.3 Å². The summed E-state index contributed by atoms with van der Waals surface area (Å²) in [6.45, 7) is 0.242. The summed E-state index contributed by atoms with van der Waals surface area (Å²) in [5.74, 6) is -1.94. The maximum Gasteiger partial charge on any atom is 0.309 e. The normalized spacial score (nSPS) is 10.4. The Hall–Kier alpha value is -3.26. The summed E-state index contributed by atoms with van der Waals surface area (Å²) >= 11 is 1.21. The molecule has 0 aliphatic heterocycles. The molecule has 27 heavy (non-hydrogen) atoms. The summed E-state index contributed by atoms with van der Waals surface area (Å²) < 4.78 is 17.9. The summed E-state index contributed by atoms with van der Waals surface area (Å²) in [4.78, 5) is 37.0. The van der Waals surface area contributed by atoms with E-state index >= 15 is 0 Å². The van der Waals surface area contributed by atoms with E-state index in [0.717, 1.165) is 4.88 Å². The van der Waals surface area contributed by atoms with Gasteiger partial charge in [0.15, 0.2) is 5.76 Å². The number of furan rings is 1. The molecule has 2 amide bonds. The number of amides is 2. The van der Waals surface area contributed by atoms with Crippen LogP contribution in [0.1, 0.15) is 25.9 Å². The van der Waals surface area contributed by atoms with Crippen molar-refractivity contribution in [2.75, 3.05) is 0 Å². The fourth-order valence-corrected chi connectivity index (χ4v) is 3.13. The largest absolute Gasteiger partial charge is 0.461 e. The number of hydrogen-bond donors (Lipinski definition) is 2. The summed E-state index contributed by atoms with van der Waals surface area (Å²) in [5.41, 5.74) is 0.678. The maximum absolute atomic E-state index is 12.8. The highest BCUT2D eigenvalue weighted by atomic mass is 32.1. The third kappa shape index (κ3) is 4.89. The molecule has 8 heteroatoms. The lowest BCUT2D eigenvalue weighted by molar-refractivity contribution is -0.139. The Kier molecular flexibility index (Phi) is 5.77. The van der Waals surface area contributed by atoms with Gasteiger partial charge in [-0.2, -0.15) is 0 Å². The molecular weight excluding hydrogens is 371 g/mol. The highest BCUT2D eigenvalue weighted by molar-refractivity contribution is 7.14. The monoisotopic (exact) mass is 386 g/mol. The number of benzene rings is 1. The van der Waals surface area contributed by atoms with E-state index in [0.29, 0.717) is 10.4 Å². The Morgan fingerprint density at radius 3 is 2.30 bits per heavy atom. The topological polar surface area (TPSA) is 88.4 Å². The molecule has 0 saturated carbocycles. The van der Waals surface area contributed by atoms with Crippen molar-refractivity contribution in [1.82, 2.24) is 10.6 Å². The van der Waals surface area contributed by atoms with Crippen molar-refractivity contribution in [3.63, 3.8) is 0 Å². The molecule has 0 atom stereocenters. The second kappa shape index (κ2) is 8.41. The Morgan fingerprint density at radius 2 is 1.63 bits per heavy atom. The van der Waals surface area contributed by atoms with Gasteiger partial charge < -0.3 is 15.1 Å². The first-order valence-corrected chi connectivity index (χ1v) is 8.82. The standard InChI is InChI=1S/C19H15FN2O4S/c20-13-5-3-12(4-6-13)10-21-18(24)19(25)22-11-14-7-8-16(27-14)17(23)15-2-1-9-26-15/h1-9H,10-11H2,(H,21,24)(H,22,25). The number of nitrogens with one attached hydrogen (secondary N) is 2. The Labute approximate surface area is 158 Å². The summed E-state index contributed by atoms with van der Waals surface area (Å²) in [5, 5.41) is 4.96. The lowest BCUT2D eigenvalue weighted by Gasteiger charge is -2.06. The number of thiophene rings is 1. The first kappa shape index (κ1) is 18.5. The number of hydrogen-bond acceptors (Lipinski definition) is 5. The molecule has 0 aliphatic rings. The van der Waals surface area contributed by atoms with Crippen LogP contribution in [0, 0.1) is 5.82 Å². The minimum Gasteiger partial charge on any atom is -0.461 e. The van der Waals surface area contributed by atoms with Crippen LogP contribution in [0.4, 0.5) is 4.39 Å². The number of carbonyl (C=O) groups excluding carboxylic acids is 3. The Balaban J connectivity index is 1.48. The molecule has 0 aliphatic carbocycles. The number of carbonyl (C=O) groups is 3. The zero-order valence-electron chi connectivity index (χ0n) is 14.0. The van der Waals surface area contributed by atoms with Gasteiger partial charge in [0.25, 0.3) is 0 Å². The van der Waals surface area contributed by atoms with Crippen molar-refractivity contribution < 1.29 is 23.2 Å². The maximum atomic E-state index is 12.8. The van der Waals surface area contributed by atoms with Crippen LogP contribution in [0.5, 0.6) is 0 Å². The molecule has 0 radical (unpaired) electrons. The quantitative estimate of drug-likeness (QED) is 0.504. The lowest BCUT2D eigenvalue weighted by atomic mass is 10.2. The van der Waals surface area contributed by atoms with Crippen LogP contribution in [-0.4, -0.2) is 17.6 Å². The van der Waals surface area contributed by atoms with Crippen molar-refractivity contribution in [1.29, 1.82) is 0 Å². The number of halogens is 1. The van der Waals surface area contributed by atoms with E-state index in [1.165, 1.54) is 41.9 Å². The van der Waals surface area contributed by atoms with Crippen LogP contribution < -0.4 is 10.6 Å². The minimum absolute atomic E-state index is 0.118. The molecule has 2 N–H and O–H groups in total. The second-order valence-electron chi connectivity index (χ2n) is 5.56. The molecular formula is C19H15FN2O4S. The fraction of sp³-hybridized carbons (Fsp3) is 0.105. The Morgan fingerprint density at radius 1 is 0.926 bits per heavy atom. The predicted molar refractivity (Wildman–Crippen MR) is 96.6 cm³/mol. The molecule has 2 aromatic heterocycles. The molecule has 3 aromatic rings. The molecule has 3 rings (SSSR count). The first-order chi connectivity index (χ1) is 13.0. The molecule has 0 saturated heterocycles. The Bertz CT molecular complexity index is 949. The van der Waals surface area contributed by atoms with Crippen LogP contribution in [0.15, 0.2) is 59.2 Å². The lowest BCUT2D eigenvalue weighted by Crippen LogP contribution is -2.39. The van der Waals surface area contributed by atoms with Crippen molar-refractivity contribution >= 4 is 28.9 Å². The van der Waals surface area contributed by atoms with E-state index in [9.17, 15) is 18.8 Å². The van der Waals surface area contributed by atoms with Gasteiger partial charge in [-0.25, -0.2) is 4.39 Å². The SMILES string of the molecule is O=C(NCc1ccc(F)cc1)C(=O)NCc1ccc(C(=O)c2ccco2)s1. The number of ketones is 1. The summed E-state index contributed by atoms with van der Waals surface area (Å²) in [6.07, 6.45) is 1.42. The summed E-state index contributed by atoms with van der Waals surface area (Å²) in [7, 11) is 0. The van der Waals surface area contributed by atoms with E-state index in [2.05, 4.69) is 10.6 Å². The van der Waals surface area contributed by atoms with Crippen molar-refractivity contribution in [2.24, 2.45) is 0 Å². The van der Waals surface area contributed by atoms with E-state index in [1.807, 2.05) is 0 Å². The highest BCUT2D eigenvalue weighted by Crippen LogP contribution is 2.20. The zero-order chi connectivity index (χ0) is 19.2. The average molecular weight is 386 g/mol. The van der Waals surface area contributed by atoms with Gasteiger partial charge >= 0.3 is 11.8 Å². The van der Waals surface area contributed by atoms with Gasteiger partial charge in [0.1, 0.15) is 5.82 Å². The first-order valence-electron chi connectivity index (χ1n) is 8.00. The highest BCUT2D eigenvalue weighted by Gasteiger charge is 2.16. The van der Waals surface area contributed by atoms with E-state index < -0.39 is 11.8 Å². The van der Waals surface area contributed by atoms with Crippen LogP contribution in [-0.2, 0) is 22.7 Å². The van der Waals surface area contributed by atoms with E-state index in [4.69, 9.17) is 4.42 Å². The van der Waals surface area contributed by atoms with Crippen LogP contribution in [0.3, 0.4) is 0 Å². The average Bonchev–Trinajstić information content (AvgIpc) is 3.37. The zero-order valence-corrected chi connectivity index (χ0v) is 14.8. The number of rotatable bonds is 6. The van der Waals surface area contributed by atoms with Crippen molar-refractivity contribution in [3.05, 3.63) is 81.7 Å². The van der Waals surface area contributed by atoms with Crippen LogP contribution in [0.2, 0.25) is 0 Å². The summed E-state index contributed by atoms with van der Waals surface area (Å²) in [6, 6.07) is 12.2. The third-order valence-corrected chi connectivity index (χ3v) is 4.71. The van der Waals surface area contributed by atoms with Gasteiger partial charge in [-0.15, -0.1) is 11.3 Å². The smallest absolute Gasteiger partial charge is 0.309 e. The molecule has 0 fully saturated rings. The van der Waals surface area contributed by atoms with Crippen molar-refractivity contribution in [2.45, 2.75) is 13.1 Å². The van der Waals surface area contributed by atoms with Gasteiger partial charge in [-0.3, -0.25) is 14.4 Å². The second-order valence-corrected chi connectivity index (χ2v) is 6.73. The molecule has 6 nitrogen and oxygen atoms in total. The van der Waals surface area contributed by atoms with Crippen LogP contribution in [0.25, 0.3) is 0 Å². The molecule has 0 unspecified atom stereocenters. The molecule has 1 aromatic carbocycles. The van der Waals surface area contributed by atoms with E-state index in [1.54, 1.807) is 24.3 Å². The van der Waals surface area contributed by atoms with Gasteiger partial charge in [-0.1, -0.05) is 12.1 Å². The molecule has 0 bridgehead atoms. The molecule has 0 spiro atoms. The van der Waals surface area contributed by atoms with Gasteiger partial charge in [0.2, 0.25) is 5.78 Å². The van der Waals surface area contributed by atoms with Crippen molar-refractivity contribution in [3.8, 4) is 0 Å². The van der Waals surface area contributed by atoms with Gasteiger partial charge in [-0.05, 0) is 42.0 Å². The predicted octanol–water partition coefficient (Wildman–Crippen LogP) is 2.64. The third-order valence-electron chi connectivity index (χ3n) is 3.63. The molecule has 138 valence electrons. The van der Waals surface area contributed by atoms with E-state index in [-0.39, 0.29) is 30.5 Å². The fourth-order valence-electron chi connectivity index (χ4n) is 2.24. The van der Waals surface area contributed by atoms with Gasteiger partial charge in [0, 0.05) is 11.4 Å². The van der Waals surface area contributed by atoms with Gasteiger partial charge in [0.05, 0.1) is 17.7 Å². The molecule has 2 heterocycles.